The SMILES string of the molecule is CNNC(=O)/C(=C\NN1CCOCC1)C(=O)NN(C)C(=S)c1ccccc1. The van der Waals surface area contributed by atoms with Gasteiger partial charge in [0.15, 0.2) is 0 Å². The molecule has 0 unspecified atom stereocenters. The number of thiocarbonyl (C=S) groups is 1. The Bertz CT molecular complexity index is 691. The second-order valence-electron chi connectivity index (χ2n) is 5.66. The predicted octanol–water partition coefficient (Wildman–Crippen LogP) is -0.704. The highest BCUT2D eigenvalue weighted by atomic mass is 32.1. The maximum Gasteiger partial charge on any atom is 0.276 e. The van der Waals surface area contributed by atoms with Gasteiger partial charge in [-0.05, 0) is 0 Å². The lowest BCUT2D eigenvalue weighted by Crippen LogP contribution is -2.48. The number of rotatable bonds is 6. The number of carbonyl (C=O) groups is 2. The average Bonchev–Trinajstić information content (AvgIpc) is 2.69. The fraction of sp³-hybridized carbons (Fsp3) is 0.353. The highest BCUT2D eigenvalue weighted by Gasteiger charge is 2.21. The first kappa shape index (κ1) is 20.8. The molecule has 10 heteroatoms. The van der Waals surface area contributed by atoms with Gasteiger partial charge in [0, 0.05) is 38.9 Å². The van der Waals surface area contributed by atoms with Crippen molar-refractivity contribution in [2.75, 3.05) is 40.4 Å². The molecule has 146 valence electrons. The van der Waals surface area contributed by atoms with Crippen molar-refractivity contribution in [3.05, 3.63) is 47.7 Å². The minimum atomic E-state index is -0.593. The summed E-state index contributed by atoms with van der Waals surface area (Å²) in [4.78, 5) is 25.3. The maximum absolute atomic E-state index is 12.6. The molecule has 0 aliphatic carbocycles. The van der Waals surface area contributed by atoms with Gasteiger partial charge in [0.05, 0.1) is 13.2 Å². The van der Waals surface area contributed by atoms with Crippen LogP contribution in [-0.2, 0) is 14.3 Å². The van der Waals surface area contributed by atoms with Crippen LogP contribution < -0.4 is 21.7 Å². The van der Waals surface area contributed by atoms with Crippen LogP contribution in [0.5, 0.6) is 0 Å². The lowest BCUT2D eigenvalue weighted by Gasteiger charge is -2.27. The number of morpholine rings is 1. The number of hydrogen-bond acceptors (Lipinski definition) is 7. The molecule has 0 saturated carbocycles. The van der Waals surface area contributed by atoms with Crippen LogP contribution in [-0.4, -0.2) is 67.2 Å². The van der Waals surface area contributed by atoms with Crippen LogP contribution >= 0.6 is 12.2 Å². The predicted molar refractivity (Wildman–Crippen MR) is 105 cm³/mol. The van der Waals surface area contributed by atoms with Crippen LogP contribution in [0.25, 0.3) is 0 Å². The van der Waals surface area contributed by atoms with E-state index in [1.165, 1.54) is 11.2 Å². The molecule has 1 aliphatic rings. The standard InChI is InChI=1S/C17H24N6O3S/c1-18-20-15(24)14(12-19-23-8-10-26-11-9-23)16(25)21-22(2)17(27)13-6-4-3-5-7-13/h3-7,12,18-19H,8-11H2,1-2H3,(H,20,24)(H,21,25)/b14-12+. The number of carbonyl (C=O) groups excluding carboxylic acids is 2. The number of nitrogens with zero attached hydrogens (tertiary/aromatic N) is 2. The van der Waals surface area contributed by atoms with Gasteiger partial charge in [-0.2, -0.15) is 0 Å². The molecule has 0 bridgehead atoms. The summed E-state index contributed by atoms with van der Waals surface area (Å²) in [7, 11) is 3.16. The summed E-state index contributed by atoms with van der Waals surface area (Å²) in [5.41, 5.74) is 11.2. The van der Waals surface area contributed by atoms with E-state index in [-0.39, 0.29) is 5.57 Å². The summed E-state index contributed by atoms with van der Waals surface area (Å²) in [5.74, 6) is -1.17. The molecule has 0 atom stereocenters. The van der Waals surface area contributed by atoms with Crippen molar-refractivity contribution in [3.63, 3.8) is 0 Å². The fourth-order valence-electron chi connectivity index (χ4n) is 2.30. The number of benzene rings is 1. The number of hydrogen-bond donors (Lipinski definition) is 4. The van der Waals surface area contributed by atoms with Gasteiger partial charge in [-0.25, -0.2) is 10.4 Å². The largest absolute Gasteiger partial charge is 0.379 e. The summed E-state index contributed by atoms with van der Waals surface area (Å²) in [6.07, 6.45) is 1.37. The number of ether oxygens (including phenoxy) is 1. The third-order valence-corrected chi connectivity index (χ3v) is 4.23. The quantitative estimate of drug-likeness (QED) is 0.166. The molecule has 0 radical (unpaired) electrons. The summed E-state index contributed by atoms with van der Waals surface area (Å²) >= 11 is 5.37. The lowest BCUT2D eigenvalue weighted by atomic mass is 10.2. The van der Waals surface area contributed by atoms with Crippen LogP contribution in [0, 0.1) is 0 Å². The molecule has 2 rings (SSSR count). The fourth-order valence-corrected chi connectivity index (χ4v) is 2.48. The zero-order chi connectivity index (χ0) is 19.6. The van der Waals surface area contributed by atoms with Gasteiger partial charge in [-0.3, -0.25) is 25.4 Å². The van der Waals surface area contributed by atoms with E-state index in [2.05, 4.69) is 21.7 Å². The highest BCUT2D eigenvalue weighted by Crippen LogP contribution is 2.04. The summed E-state index contributed by atoms with van der Waals surface area (Å²) < 4.78 is 5.27. The Balaban J connectivity index is 2.05. The Hall–Kier alpha value is -2.53. The number of nitrogens with one attached hydrogen (secondary N) is 4. The molecule has 1 fully saturated rings. The summed E-state index contributed by atoms with van der Waals surface area (Å²) in [6, 6.07) is 9.28. The van der Waals surface area contributed by atoms with Crippen LogP contribution in [0.3, 0.4) is 0 Å². The second kappa shape index (κ2) is 10.6. The molecule has 1 saturated heterocycles. The van der Waals surface area contributed by atoms with E-state index < -0.39 is 11.8 Å². The number of amides is 2. The molecular weight excluding hydrogens is 368 g/mol. The van der Waals surface area contributed by atoms with Gasteiger partial charge in [0.2, 0.25) is 0 Å². The van der Waals surface area contributed by atoms with Crippen LogP contribution in [0.1, 0.15) is 5.56 Å². The first-order valence-electron chi connectivity index (χ1n) is 8.43. The normalized spacial score (nSPS) is 15.0. The Morgan fingerprint density at radius 3 is 2.48 bits per heavy atom. The van der Waals surface area contributed by atoms with Gasteiger partial charge in [-0.1, -0.05) is 42.5 Å². The van der Waals surface area contributed by atoms with Crippen molar-refractivity contribution in [1.82, 2.24) is 31.7 Å². The third-order valence-electron chi connectivity index (χ3n) is 3.72. The van der Waals surface area contributed by atoms with Crippen LogP contribution in [0.4, 0.5) is 0 Å². The summed E-state index contributed by atoms with van der Waals surface area (Å²) in [6.45, 7) is 2.46. The van der Waals surface area contributed by atoms with Crippen molar-refractivity contribution >= 4 is 29.0 Å². The zero-order valence-corrected chi connectivity index (χ0v) is 16.1. The van der Waals surface area contributed by atoms with Gasteiger partial charge in [0.1, 0.15) is 10.6 Å². The van der Waals surface area contributed by atoms with E-state index in [9.17, 15) is 9.59 Å². The van der Waals surface area contributed by atoms with Gasteiger partial charge < -0.3 is 10.2 Å². The van der Waals surface area contributed by atoms with Gasteiger partial charge in [0.25, 0.3) is 11.8 Å². The molecular formula is C17H24N6O3S. The molecule has 9 nitrogen and oxygen atoms in total. The van der Waals surface area contributed by atoms with Crippen molar-refractivity contribution in [2.45, 2.75) is 0 Å². The van der Waals surface area contributed by atoms with E-state index in [0.29, 0.717) is 31.3 Å². The monoisotopic (exact) mass is 392 g/mol. The molecule has 1 heterocycles. The molecule has 1 aliphatic heterocycles. The molecule has 4 N–H and O–H groups in total. The van der Waals surface area contributed by atoms with Crippen LogP contribution in [0.2, 0.25) is 0 Å². The first-order valence-corrected chi connectivity index (χ1v) is 8.84. The first-order chi connectivity index (χ1) is 13.0. The third kappa shape index (κ3) is 6.29. The minimum Gasteiger partial charge on any atom is -0.379 e. The van der Waals surface area contributed by atoms with E-state index in [1.54, 1.807) is 14.1 Å². The van der Waals surface area contributed by atoms with Crippen molar-refractivity contribution in [3.8, 4) is 0 Å². The molecule has 27 heavy (non-hydrogen) atoms. The average molecular weight is 392 g/mol. The molecule has 0 spiro atoms. The zero-order valence-electron chi connectivity index (χ0n) is 15.3. The molecule has 2 amide bonds. The number of hydrazine groups is 3. The van der Waals surface area contributed by atoms with Crippen LogP contribution in [0.15, 0.2) is 42.1 Å². The topological polar surface area (TPSA) is 98.0 Å². The minimum absolute atomic E-state index is 0.0986. The van der Waals surface area contributed by atoms with Crippen molar-refractivity contribution < 1.29 is 14.3 Å². The molecule has 1 aromatic carbocycles. The van der Waals surface area contributed by atoms with Gasteiger partial charge in [-0.15, -0.1) is 0 Å². The van der Waals surface area contributed by atoms with Crippen molar-refractivity contribution in [1.29, 1.82) is 0 Å². The van der Waals surface area contributed by atoms with Crippen molar-refractivity contribution in [2.24, 2.45) is 0 Å². The lowest BCUT2D eigenvalue weighted by molar-refractivity contribution is -0.125. The van der Waals surface area contributed by atoms with E-state index >= 15 is 0 Å². The Morgan fingerprint density at radius 2 is 1.85 bits per heavy atom. The second-order valence-corrected chi connectivity index (χ2v) is 6.05. The van der Waals surface area contributed by atoms with E-state index in [1.807, 2.05) is 35.3 Å². The highest BCUT2D eigenvalue weighted by molar-refractivity contribution is 7.80. The van der Waals surface area contributed by atoms with E-state index in [0.717, 1.165) is 5.56 Å². The Kier molecular flexibility index (Phi) is 8.14. The Morgan fingerprint density at radius 1 is 1.19 bits per heavy atom. The smallest absolute Gasteiger partial charge is 0.276 e. The van der Waals surface area contributed by atoms with Gasteiger partial charge >= 0.3 is 0 Å². The molecule has 0 aromatic heterocycles. The Labute approximate surface area is 163 Å². The molecule has 1 aromatic rings. The summed E-state index contributed by atoms with van der Waals surface area (Å²) in [5, 5.41) is 3.27. The maximum atomic E-state index is 12.6. The van der Waals surface area contributed by atoms with E-state index in [4.69, 9.17) is 17.0 Å².